The molecule has 10 aromatic rings. The summed E-state index contributed by atoms with van der Waals surface area (Å²) in [5.74, 6) is 4.42. The molecule has 6 aromatic heterocycles. The molecule has 2 aliphatic carbocycles. The summed E-state index contributed by atoms with van der Waals surface area (Å²) < 4.78 is 95.5. The monoisotopic (exact) mass is 1460 g/mol. The number of nitrogens with one attached hydrogen (secondary N) is 2. The first-order chi connectivity index (χ1) is 51.5. The van der Waals surface area contributed by atoms with E-state index in [2.05, 4.69) is 63.7 Å². The highest BCUT2D eigenvalue weighted by molar-refractivity contribution is 5.94. The van der Waals surface area contributed by atoms with Gasteiger partial charge in [0, 0.05) is 116 Å². The lowest BCUT2D eigenvalue weighted by molar-refractivity contribution is -0.251. The zero-order valence-electron chi connectivity index (χ0n) is 62.5. The van der Waals surface area contributed by atoms with E-state index in [1.54, 1.807) is 49.6 Å². The number of fused-ring (bicyclic) bond motifs is 6. The van der Waals surface area contributed by atoms with Crippen LogP contribution in [0.5, 0.6) is 34.5 Å². The van der Waals surface area contributed by atoms with E-state index >= 15 is 8.78 Å². The summed E-state index contributed by atoms with van der Waals surface area (Å²) >= 11 is 0. The minimum atomic E-state index is -0.484. The number of halogens is 2. The van der Waals surface area contributed by atoms with E-state index in [1.165, 1.54) is 26.4 Å². The van der Waals surface area contributed by atoms with Gasteiger partial charge in [-0.1, -0.05) is 0 Å². The van der Waals surface area contributed by atoms with Gasteiger partial charge in [0.2, 0.25) is 11.9 Å². The average molecular weight is 1460 g/mol. The Balaban J connectivity index is 0.000000170. The summed E-state index contributed by atoms with van der Waals surface area (Å²) in [6.45, 7) is 14.0. The van der Waals surface area contributed by atoms with Crippen molar-refractivity contribution in [3.8, 4) is 34.5 Å². The first-order valence-electron chi connectivity index (χ1n) is 37.5. The number of methoxy groups -OCH3 is 6. The van der Waals surface area contributed by atoms with Crippen molar-refractivity contribution in [2.75, 3.05) is 89.4 Å². The zero-order chi connectivity index (χ0) is 73.4. The molecule has 6 atom stereocenters. The van der Waals surface area contributed by atoms with Gasteiger partial charge in [-0.05, 0) is 167 Å². The third kappa shape index (κ3) is 14.7. The van der Waals surface area contributed by atoms with Gasteiger partial charge in [0.15, 0.2) is 58.7 Å². The summed E-state index contributed by atoms with van der Waals surface area (Å²) in [5, 5.41) is 28.0. The largest absolute Gasteiger partial charge is 0.497 e. The van der Waals surface area contributed by atoms with Gasteiger partial charge in [-0.25, -0.2) is 28.7 Å². The molecule has 0 radical (unpaired) electrons. The number of piperidine rings is 2. The molecule has 4 aromatic carbocycles. The third-order valence-corrected chi connectivity index (χ3v) is 22.6. The van der Waals surface area contributed by atoms with Gasteiger partial charge in [0.1, 0.15) is 23.0 Å². The van der Waals surface area contributed by atoms with Crippen molar-refractivity contribution in [1.82, 2.24) is 58.7 Å². The molecule has 4 aliphatic heterocycles. The number of ether oxygens (including phenoxy) is 10. The first kappa shape index (κ1) is 72.2. The van der Waals surface area contributed by atoms with E-state index in [1.807, 2.05) is 42.6 Å². The van der Waals surface area contributed by atoms with Crippen LogP contribution in [0.4, 0.5) is 32.1 Å². The molecule has 6 aliphatic rings. The van der Waals surface area contributed by atoms with Crippen LogP contribution in [0.1, 0.15) is 163 Å². The molecular weight excluding hydrogens is 1360 g/mol. The van der Waals surface area contributed by atoms with Crippen LogP contribution in [-0.2, 0) is 45.1 Å². The lowest BCUT2D eigenvalue weighted by Crippen LogP contribution is -2.48. The Kier molecular flexibility index (Phi) is 21.0. The Morgan fingerprint density at radius 2 is 1.00 bits per heavy atom. The minimum absolute atomic E-state index is 0.0336. The molecule has 564 valence electrons. The van der Waals surface area contributed by atoms with Crippen LogP contribution < -0.4 is 48.9 Å². The van der Waals surface area contributed by atoms with Crippen molar-refractivity contribution in [3.05, 3.63) is 119 Å². The second kappa shape index (κ2) is 30.8. The smallest absolute Gasteiger partial charge is 0.226 e. The first-order valence-corrected chi connectivity index (χ1v) is 37.5. The van der Waals surface area contributed by atoms with Crippen molar-refractivity contribution in [1.29, 1.82) is 0 Å². The van der Waals surface area contributed by atoms with E-state index in [9.17, 15) is 0 Å². The van der Waals surface area contributed by atoms with Crippen molar-refractivity contribution < 1.29 is 56.1 Å². The predicted molar refractivity (Wildman–Crippen MR) is 397 cm³/mol. The van der Waals surface area contributed by atoms with Gasteiger partial charge in [0.05, 0.1) is 107 Å². The lowest BCUT2D eigenvalue weighted by Gasteiger charge is -2.44. The fraction of sp³-hybridized carbons (Fsp3) is 0.538. The molecule has 0 spiro atoms. The van der Waals surface area contributed by atoms with Crippen molar-refractivity contribution in [2.45, 2.75) is 204 Å². The Bertz CT molecular complexity index is 4560. The molecule has 6 unspecified atom stereocenters. The Labute approximate surface area is 615 Å². The third-order valence-electron chi connectivity index (χ3n) is 22.6. The van der Waals surface area contributed by atoms with E-state index in [0.29, 0.717) is 111 Å². The number of anilines is 4. The van der Waals surface area contributed by atoms with Crippen LogP contribution in [-0.4, -0.2) is 164 Å². The van der Waals surface area contributed by atoms with E-state index < -0.39 is 11.6 Å². The molecule has 2 saturated carbocycles. The molecule has 6 fully saturated rings. The SMILES string of the molecule is COc1ccc(CNc2nc3cc(OC)c(F)cc3c3nc(C4CCC(C)N(c5cn(CC6(OC7CCCCO7)CCC6)nc5C)C4)nn23)c(OC)c1.COc1ccc(CNc2nc3cc(OC)c(F)cc3c3nc(C4CCC(C)N(c5cnn(CC6(OC7CCCCO7)CCC6)c5C)C4)nn23)c(OC)c1. The quantitative estimate of drug-likeness (QED) is 0.0571. The minimum Gasteiger partial charge on any atom is -0.497 e. The zero-order valence-corrected chi connectivity index (χ0v) is 62.5. The standard InChI is InChI=1S/2C39H49FN8O5/c1-24-10-11-27(22-46(24)32-21-42-47(25(32)2)23-39(14-8-15-39)53-35-9-6-7-16-52-35)36-44-37-29-18-30(40)34(51-5)19-31(29)43-38(48(37)45-36)41-20-26-12-13-28(49-3)17-33(26)50-4;1-24-10-11-27(21-47(24)32-22-46(44-25(32)2)23-39(14-8-15-39)53-35-9-6-7-16-52-35)36-43-37-29-18-30(40)34(51-5)19-31(29)42-38(48(37)45-36)41-20-26-12-13-28(49-3)17-33(26)50-4/h12-13,17-19,21,24,27,35H,6-11,14-16,20,22-23H2,1-5H3,(H,41,43);12-13,17-19,22,24,27,35H,6-11,14-16,20-21,23H2,1-5H3,(H,41,42). The normalized spacial score (nSPS) is 21.5. The van der Waals surface area contributed by atoms with Crippen LogP contribution in [0.3, 0.4) is 0 Å². The number of rotatable bonds is 24. The molecular formula is C78H98F2N16O10. The van der Waals surface area contributed by atoms with Crippen molar-refractivity contribution in [3.63, 3.8) is 0 Å². The lowest BCUT2D eigenvalue weighted by atomic mass is 9.79. The van der Waals surface area contributed by atoms with Crippen molar-refractivity contribution in [2.24, 2.45) is 0 Å². The van der Waals surface area contributed by atoms with E-state index in [0.717, 1.165) is 169 Å². The highest BCUT2D eigenvalue weighted by atomic mass is 19.1. The van der Waals surface area contributed by atoms with Gasteiger partial charge in [-0.3, -0.25) is 9.36 Å². The summed E-state index contributed by atoms with van der Waals surface area (Å²) in [6, 6.07) is 18.0. The number of hydrogen-bond acceptors (Lipinski definition) is 22. The van der Waals surface area contributed by atoms with Crippen LogP contribution in [0, 0.1) is 25.5 Å². The Morgan fingerprint density at radius 1 is 0.519 bits per heavy atom. The number of benzene rings is 4. The summed E-state index contributed by atoms with van der Waals surface area (Å²) in [6.07, 6.45) is 20.5. The second-order valence-electron chi connectivity index (χ2n) is 29.4. The van der Waals surface area contributed by atoms with Crippen molar-refractivity contribution >= 4 is 56.4 Å². The molecule has 10 heterocycles. The molecule has 26 nitrogen and oxygen atoms in total. The number of nitrogens with zero attached hydrogens (tertiary/aromatic N) is 14. The number of aromatic nitrogens is 12. The molecule has 16 rings (SSSR count). The topological polar surface area (TPSA) is 245 Å². The fourth-order valence-electron chi connectivity index (χ4n) is 16.0. The molecule has 106 heavy (non-hydrogen) atoms. The second-order valence-corrected chi connectivity index (χ2v) is 29.4. The van der Waals surface area contributed by atoms with E-state index in [4.69, 9.17) is 87.7 Å². The van der Waals surface area contributed by atoms with Crippen LogP contribution in [0.15, 0.2) is 73.1 Å². The highest BCUT2D eigenvalue weighted by Gasteiger charge is 2.44. The fourth-order valence-corrected chi connectivity index (χ4v) is 16.0. The molecule has 0 bridgehead atoms. The maximum Gasteiger partial charge on any atom is 0.226 e. The van der Waals surface area contributed by atoms with Crippen LogP contribution >= 0.6 is 0 Å². The number of hydrogen-bond donors (Lipinski definition) is 2. The molecule has 0 amide bonds. The molecule has 28 heteroatoms. The maximum atomic E-state index is 15.1. The Hall–Kier alpha value is -9.38. The summed E-state index contributed by atoms with van der Waals surface area (Å²) in [5.41, 5.74) is 7.86. The van der Waals surface area contributed by atoms with Crippen LogP contribution in [0.2, 0.25) is 0 Å². The van der Waals surface area contributed by atoms with Gasteiger partial charge >= 0.3 is 0 Å². The Morgan fingerprint density at radius 3 is 1.44 bits per heavy atom. The van der Waals surface area contributed by atoms with Gasteiger partial charge < -0.3 is 67.8 Å². The molecule has 4 saturated heterocycles. The van der Waals surface area contributed by atoms with Gasteiger partial charge in [-0.2, -0.15) is 19.2 Å². The van der Waals surface area contributed by atoms with Gasteiger partial charge in [0.25, 0.3) is 0 Å². The van der Waals surface area contributed by atoms with E-state index in [-0.39, 0.29) is 47.1 Å². The average Bonchev–Trinajstić information content (AvgIpc) is 1.57. The summed E-state index contributed by atoms with van der Waals surface area (Å²) in [7, 11) is 9.39. The highest BCUT2D eigenvalue weighted by Crippen LogP contribution is 2.44. The van der Waals surface area contributed by atoms with Gasteiger partial charge in [-0.15, -0.1) is 10.2 Å². The van der Waals surface area contributed by atoms with Crippen LogP contribution in [0.25, 0.3) is 33.1 Å². The maximum absolute atomic E-state index is 15.1. The molecule has 2 N–H and O–H groups in total. The predicted octanol–water partition coefficient (Wildman–Crippen LogP) is 13.6. The number of aryl methyl sites for hydroxylation is 1. The summed E-state index contributed by atoms with van der Waals surface area (Å²) in [4.78, 5) is 24.8.